The zero-order valence-electron chi connectivity index (χ0n) is 11.0. The summed E-state index contributed by atoms with van der Waals surface area (Å²) in [5.74, 6) is -4.70. The molecule has 0 unspecified atom stereocenters. The van der Waals surface area contributed by atoms with E-state index in [1.54, 1.807) is 24.3 Å². The van der Waals surface area contributed by atoms with Crippen molar-refractivity contribution in [3.63, 3.8) is 0 Å². The number of halogens is 3. The Kier molecular flexibility index (Phi) is 4.47. The highest BCUT2D eigenvalue weighted by Gasteiger charge is 2.12. The molecule has 3 N–H and O–H groups in total. The second kappa shape index (κ2) is 6.30. The van der Waals surface area contributed by atoms with Crippen molar-refractivity contribution in [3.8, 4) is 0 Å². The lowest BCUT2D eigenvalue weighted by atomic mass is 10.1. The molecule has 0 bridgehead atoms. The Morgan fingerprint density at radius 1 is 1.10 bits per heavy atom. The van der Waals surface area contributed by atoms with E-state index in [1.165, 1.54) is 0 Å². The number of nitrogens with two attached hydrogens (primary N) is 1. The highest BCUT2D eigenvalue weighted by Crippen LogP contribution is 2.18. The van der Waals surface area contributed by atoms with Crippen LogP contribution in [0.25, 0.3) is 0 Å². The summed E-state index contributed by atoms with van der Waals surface area (Å²) in [6.45, 7) is 0. The number of carbonyl (C=O) groups is 1. The molecule has 0 atom stereocenters. The molecule has 0 aromatic heterocycles. The Morgan fingerprint density at radius 2 is 1.71 bits per heavy atom. The Hall–Kier alpha value is -2.50. The van der Waals surface area contributed by atoms with Gasteiger partial charge in [0.2, 0.25) is 5.91 Å². The average Bonchev–Trinajstić information content (AvgIpc) is 2.44. The van der Waals surface area contributed by atoms with Crippen LogP contribution in [0.4, 0.5) is 24.5 Å². The zero-order chi connectivity index (χ0) is 15.4. The van der Waals surface area contributed by atoms with E-state index < -0.39 is 23.4 Å². The van der Waals surface area contributed by atoms with Crippen molar-refractivity contribution in [2.75, 3.05) is 11.1 Å². The molecule has 110 valence electrons. The second-order valence-electron chi connectivity index (χ2n) is 4.50. The number of hydrogen-bond donors (Lipinski definition) is 2. The molecule has 0 heterocycles. The summed E-state index contributed by atoms with van der Waals surface area (Å²) in [6, 6.07) is 8.55. The molecular formula is C15H13F3N2O. The summed E-state index contributed by atoms with van der Waals surface area (Å²) in [5, 5.41) is 2.31. The van der Waals surface area contributed by atoms with Crippen LogP contribution in [0.2, 0.25) is 0 Å². The Balaban J connectivity index is 1.98. The molecule has 0 aliphatic heterocycles. The van der Waals surface area contributed by atoms with Crippen molar-refractivity contribution in [1.82, 2.24) is 0 Å². The summed E-state index contributed by atoms with van der Waals surface area (Å²) in [5.41, 5.74) is 7.00. The highest BCUT2D eigenvalue weighted by atomic mass is 19.2. The quantitative estimate of drug-likeness (QED) is 0.671. The first-order valence-corrected chi connectivity index (χ1v) is 6.25. The van der Waals surface area contributed by atoms with Gasteiger partial charge in [0.1, 0.15) is 0 Å². The topological polar surface area (TPSA) is 55.1 Å². The molecule has 0 aliphatic carbocycles. The number of hydrogen-bond acceptors (Lipinski definition) is 2. The van der Waals surface area contributed by atoms with Gasteiger partial charge in [0.15, 0.2) is 17.5 Å². The van der Waals surface area contributed by atoms with Gasteiger partial charge in [-0.05, 0) is 18.1 Å². The number of carbonyl (C=O) groups excluding carboxylic acids is 1. The molecule has 21 heavy (non-hydrogen) atoms. The van der Waals surface area contributed by atoms with Crippen LogP contribution in [0.5, 0.6) is 0 Å². The van der Waals surface area contributed by atoms with E-state index in [9.17, 15) is 18.0 Å². The largest absolute Gasteiger partial charge is 0.399 e. The molecule has 2 rings (SSSR count). The van der Waals surface area contributed by atoms with Crippen LogP contribution in [-0.4, -0.2) is 5.91 Å². The van der Waals surface area contributed by atoms with Gasteiger partial charge < -0.3 is 11.1 Å². The number of rotatable bonds is 4. The van der Waals surface area contributed by atoms with E-state index in [2.05, 4.69) is 5.32 Å². The molecular weight excluding hydrogens is 281 g/mol. The number of para-hydroxylation sites is 1. The summed E-state index contributed by atoms with van der Waals surface area (Å²) in [4.78, 5) is 11.7. The Labute approximate surface area is 119 Å². The van der Waals surface area contributed by atoms with Gasteiger partial charge in [-0.15, -0.1) is 0 Å². The van der Waals surface area contributed by atoms with Crippen LogP contribution in [0.3, 0.4) is 0 Å². The van der Waals surface area contributed by atoms with Crippen molar-refractivity contribution < 1.29 is 18.0 Å². The summed E-state index contributed by atoms with van der Waals surface area (Å²) < 4.78 is 38.8. The third-order valence-electron chi connectivity index (χ3n) is 2.94. The Bertz CT molecular complexity index is 651. The fourth-order valence-corrected chi connectivity index (χ4v) is 1.86. The van der Waals surface area contributed by atoms with E-state index in [0.29, 0.717) is 12.1 Å². The highest BCUT2D eigenvalue weighted by molar-refractivity contribution is 5.90. The second-order valence-corrected chi connectivity index (χ2v) is 4.50. The van der Waals surface area contributed by atoms with E-state index in [1.807, 2.05) is 0 Å². The van der Waals surface area contributed by atoms with Crippen molar-refractivity contribution in [2.24, 2.45) is 0 Å². The number of anilines is 2. The summed E-state index contributed by atoms with van der Waals surface area (Å²) in [7, 11) is 0. The van der Waals surface area contributed by atoms with Crippen molar-refractivity contribution in [3.05, 3.63) is 59.4 Å². The molecule has 1 amide bonds. The van der Waals surface area contributed by atoms with Gasteiger partial charge >= 0.3 is 0 Å². The van der Waals surface area contributed by atoms with Gasteiger partial charge in [-0.1, -0.05) is 18.2 Å². The fourth-order valence-electron chi connectivity index (χ4n) is 1.86. The number of nitrogens with one attached hydrogen (secondary N) is 1. The van der Waals surface area contributed by atoms with Crippen LogP contribution in [0.1, 0.15) is 12.0 Å². The third kappa shape index (κ3) is 3.75. The number of aryl methyl sites for hydroxylation is 1. The third-order valence-corrected chi connectivity index (χ3v) is 2.94. The van der Waals surface area contributed by atoms with Crippen LogP contribution < -0.4 is 11.1 Å². The molecule has 0 saturated carbocycles. The van der Waals surface area contributed by atoms with Crippen molar-refractivity contribution >= 4 is 17.3 Å². The van der Waals surface area contributed by atoms with Gasteiger partial charge in [-0.2, -0.15) is 0 Å². The van der Waals surface area contributed by atoms with Gasteiger partial charge in [0.25, 0.3) is 0 Å². The molecule has 2 aromatic carbocycles. The summed E-state index contributed by atoms with van der Waals surface area (Å²) in [6.07, 6.45) is 0.486. The van der Waals surface area contributed by atoms with Gasteiger partial charge in [-0.25, -0.2) is 13.2 Å². The molecule has 0 saturated heterocycles. The maximum absolute atomic E-state index is 13.0. The number of benzene rings is 2. The van der Waals surface area contributed by atoms with Crippen molar-refractivity contribution in [1.29, 1.82) is 0 Å². The standard InChI is InChI=1S/C15H13F3N2O/c16-11-7-10(8-12(17)15(11)18)20-14(21)6-5-9-3-1-2-4-13(9)19/h1-4,7-8H,5-6,19H2,(H,20,21). The first-order chi connectivity index (χ1) is 9.97. The van der Waals surface area contributed by atoms with E-state index in [-0.39, 0.29) is 12.1 Å². The SMILES string of the molecule is Nc1ccccc1CCC(=O)Nc1cc(F)c(F)c(F)c1. The molecule has 0 fully saturated rings. The first kappa shape index (κ1) is 14.9. The van der Waals surface area contributed by atoms with Gasteiger partial charge in [0.05, 0.1) is 0 Å². The molecule has 6 heteroatoms. The van der Waals surface area contributed by atoms with E-state index in [4.69, 9.17) is 5.73 Å². The lowest BCUT2D eigenvalue weighted by Crippen LogP contribution is -2.13. The van der Waals surface area contributed by atoms with E-state index in [0.717, 1.165) is 17.7 Å². The molecule has 3 nitrogen and oxygen atoms in total. The minimum atomic E-state index is -1.56. The van der Waals surface area contributed by atoms with Crippen LogP contribution in [-0.2, 0) is 11.2 Å². The molecule has 0 radical (unpaired) electrons. The molecule has 2 aromatic rings. The molecule has 0 spiro atoms. The smallest absolute Gasteiger partial charge is 0.224 e. The van der Waals surface area contributed by atoms with Crippen LogP contribution in [0, 0.1) is 17.5 Å². The van der Waals surface area contributed by atoms with Gasteiger partial charge in [-0.3, -0.25) is 4.79 Å². The fraction of sp³-hybridized carbons (Fsp3) is 0.133. The maximum atomic E-state index is 13.0. The number of nitrogen functional groups attached to an aromatic ring is 1. The lowest BCUT2D eigenvalue weighted by Gasteiger charge is -2.07. The minimum Gasteiger partial charge on any atom is -0.399 e. The lowest BCUT2D eigenvalue weighted by molar-refractivity contribution is -0.116. The average molecular weight is 294 g/mol. The maximum Gasteiger partial charge on any atom is 0.224 e. The van der Waals surface area contributed by atoms with Crippen LogP contribution >= 0.6 is 0 Å². The predicted octanol–water partition coefficient (Wildman–Crippen LogP) is 3.26. The zero-order valence-corrected chi connectivity index (χ0v) is 11.0. The van der Waals surface area contributed by atoms with Gasteiger partial charge in [0, 0.05) is 29.9 Å². The monoisotopic (exact) mass is 294 g/mol. The number of amides is 1. The summed E-state index contributed by atoms with van der Waals surface area (Å²) >= 11 is 0. The molecule has 0 aliphatic rings. The first-order valence-electron chi connectivity index (χ1n) is 6.25. The predicted molar refractivity (Wildman–Crippen MR) is 74.1 cm³/mol. The van der Waals surface area contributed by atoms with Crippen LogP contribution in [0.15, 0.2) is 36.4 Å². The minimum absolute atomic E-state index is 0.0921. The van der Waals surface area contributed by atoms with Crippen molar-refractivity contribution in [2.45, 2.75) is 12.8 Å². The normalized spacial score (nSPS) is 10.4. The Morgan fingerprint density at radius 3 is 2.33 bits per heavy atom. The van der Waals surface area contributed by atoms with E-state index >= 15 is 0 Å².